The van der Waals surface area contributed by atoms with Crippen LogP contribution in [0.15, 0.2) is 24.3 Å². The Morgan fingerprint density at radius 1 is 1.07 bits per heavy atom. The first-order valence-electron chi connectivity index (χ1n) is 9.51. The summed E-state index contributed by atoms with van der Waals surface area (Å²) in [5, 5.41) is 2.97. The van der Waals surface area contributed by atoms with Gasteiger partial charge in [-0.25, -0.2) is 4.79 Å². The van der Waals surface area contributed by atoms with Gasteiger partial charge in [0.15, 0.2) is 5.78 Å². The van der Waals surface area contributed by atoms with Gasteiger partial charge in [0, 0.05) is 37.5 Å². The molecule has 1 N–H and O–H groups in total. The van der Waals surface area contributed by atoms with Gasteiger partial charge in [-0.2, -0.15) is 0 Å². The van der Waals surface area contributed by atoms with Crippen LogP contribution in [0.4, 0.5) is 4.79 Å². The van der Waals surface area contributed by atoms with E-state index >= 15 is 0 Å². The largest absolute Gasteiger partial charge is 0.444 e. The molecule has 6 heteroatoms. The Morgan fingerprint density at radius 2 is 1.67 bits per heavy atom. The standard InChI is InChI=1S/C21H30N2O4/c1-15-5-7-16(8-6-15)18(24)9-10-19(25)22-17-11-13-23(14-12-17)20(26)27-21(2,3)4/h5-8,17H,9-14H2,1-4H3,(H,22,25). The third kappa shape index (κ3) is 7.04. The third-order valence-electron chi connectivity index (χ3n) is 4.46. The number of nitrogens with one attached hydrogen (secondary N) is 1. The first kappa shape index (κ1) is 20.9. The van der Waals surface area contributed by atoms with Crippen molar-refractivity contribution in [3.63, 3.8) is 0 Å². The average Bonchev–Trinajstić information content (AvgIpc) is 2.59. The van der Waals surface area contributed by atoms with Gasteiger partial charge in [0.2, 0.25) is 5.91 Å². The number of rotatable bonds is 5. The van der Waals surface area contributed by atoms with Crippen LogP contribution in [0.5, 0.6) is 0 Å². The normalized spacial score (nSPS) is 15.3. The van der Waals surface area contributed by atoms with Crippen LogP contribution >= 0.6 is 0 Å². The van der Waals surface area contributed by atoms with Crippen LogP contribution in [0.2, 0.25) is 0 Å². The van der Waals surface area contributed by atoms with E-state index in [-0.39, 0.29) is 36.7 Å². The Bertz CT molecular complexity index is 668. The second-order valence-corrected chi connectivity index (χ2v) is 8.10. The van der Waals surface area contributed by atoms with E-state index in [0.717, 1.165) is 5.56 Å². The Labute approximate surface area is 161 Å². The number of Topliss-reactive ketones (excluding diaryl/α,β-unsaturated/α-hetero) is 1. The lowest BCUT2D eigenvalue weighted by atomic mass is 10.0. The molecule has 0 atom stereocenters. The zero-order valence-electron chi connectivity index (χ0n) is 16.7. The van der Waals surface area contributed by atoms with Gasteiger partial charge in [0.05, 0.1) is 0 Å². The molecule has 1 aromatic rings. The van der Waals surface area contributed by atoms with Gasteiger partial charge >= 0.3 is 6.09 Å². The molecule has 1 aromatic carbocycles. The molecular weight excluding hydrogens is 344 g/mol. The lowest BCUT2D eigenvalue weighted by Gasteiger charge is -2.33. The summed E-state index contributed by atoms with van der Waals surface area (Å²) in [5.74, 6) is -0.143. The van der Waals surface area contributed by atoms with Gasteiger partial charge in [-0.15, -0.1) is 0 Å². The molecule has 1 saturated heterocycles. The number of likely N-dealkylation sites (tertiary alicyclic amines) is 1. The summed E-state index contributed by atoms with van der Waals surface area (Å²) in [4.78, 5) is 38.0. The summed E-state index contributed by atoms with van der Waals surface area (Å²) in [5.41, 5.74) is 1.23. The Balaban J connectivity index is 1.70. The van der Waals surface area contributed by atoms with Crippen molar-refractivity contribution in [1.82, 2.24) is 10.2 Å². The first-order valence-corrected chi connectivity index (χ1v) is 9.51. The summed E-state index contributed by atoms with van der Waals surface area (Å²) in [6.07, 6.45) is 1.45. The summed E-state index contributed by atoms with van der Waals surface area (Å²) in [6, 6.07) is 7.41. The number of carbonyl (C=O) groups is 3. The van der Waals surface area contributed by atoms with E-state index < -0.39 is 5.60 Å². The highest BCUT2D eigenvalue weighted by molar-refractivity contribution is 5.98. The maximum Gasteiger partial charge on any atom is 0.410 e. The molecule has 0 unspecified atom stereocenters. The van der Waals surface area contributed by atoms with Crippen molar-refractivity contribution >= 4 is 17.8 Å². The summed E-state index contributed by atoms with van der Waals surface area (Å²) < 4.78 is 5.37. The van der Waals surface area contributed by atoms with Crippen LogP contribution in [0.25, 0.3) is 0 Å². The van der Waals surface area contributed by atoms with Crippen LogP contribution in [-0.2, 0) is 9.53 Å². The first-order chi connectivity index (χ1) is 12.6. The summed E-state index contributed by atoms with van der Waals surface area (Å²) >= 11 is 0. The molecule has 0 radical (unpaired) electrons. The van der Waals surface area contributed by atoms with Gasteiger partial charge < -0.3 is 15.0 Å². The minimum atomic E-state index is -0.508. The van der Waals surface area contributed by atoms with Crippen molar-refractivity contribution in [2.75, 3.05) is 13.1 Å². The molecular formula is C21H30N2O4. The van der Waals surface area contributed by atoms with Gasteiger partial charge in [-0.1, -0.05) is 29.8 Å². The van der Waals surface area contributed by atoms with Crippen molar-refractivity contribution in [2.24, 2.45) is 0 Å². The fraction of sp³-hybridized carbons (Fsp3) is 0.571. The highest BCUT2D eigenvalue weighted by atomic mass is 16.6. The van der Waals surface area contributed by atoms with E-state index in [2.05, 4.69) is 5.32 Å². The number of nitrogens with zero attached hydrogens (tertiary/aromatic N) is 1. The van der Waals surface area contributed by atoms with E-state index in [1.807, 2.05) is 39.8 Å². The maximum absolute atomic E-state index is 12.1. The van der Waals surface area contributed by atoms with Crippen LogP contribution < -0.4 is 5.32 Å². The smallest absolute Gasteiger partial charge is 0.410 e. The molecule has 27 heavy (non-hydrogen) atoms. The van der Waals surface area contributed by atoms with E-state index in [9.17, 15) is 14.4 Å². The second kappa shape index (κ2) is 9.02. The van der Waals surface area contributed by atoms with E-state index in [4.69, 9.17) is 4.74 Å². The SMILES string of the molecule is Cc1ccc(C(=O)CCC(=O)NC2CCN(C(=O)OC(C)(C)C)CC2)cc1. The molecule has 2 amide bonds. The third-order valence-corrected chi connectivity index (χ3v) is 4.46. The number of hydrogen-bond donors (Lipinski definition) is 1. The molecule has 6 nitrogen and oxygen atoms in total. The molecule has 1 fully saturated rings. The summed E-state index contributed by atoms with van der Waals surface area (Å²) in [6.45, 7) is 8.61. The number of ketones is 1. The topological polar surface area (TPSA) is 75.7 Å². The lowest BCUT2D eigenvalue weighted by molar-refractivity contribution is -0.122. The van der Waals surface area contributed by atoms with Crippen molar-refractivity contribution in [2.45, 2.75) is 65.0 Å². The molecule has 2 rings (SSSR count). The number of piperidine rings is 1. The molecule has 0 spiro atoms. The maximum atomic E-state index is 12.1. The number of amides is 2. The fourth-order valence-electron chi connectivity index (χ4n) is 2.94. The van der Waals surface area contributed by atoms with Crippen molar-refractivity contribution in [3.05, 3.63) is 35.4 Å². The predicted octanol–water partition coefficient (Wildman–Crippen LogP) is 3.47. The molecule has 148 valence electrons. The zero-order chi connectivity index (χ0) is 20.0. The average molecular weight is 374 g/mol. The molecule has 0 aliphatic carbocycles. The highest BCUT2D eigenvalue weighted by Crippen LogP contribution is 2.16. The number of aryl methyl sites for hydroxylation is 1. The number of carbonyl (C=O) groups excluding carboxylic acids is 3. The van der Waals surface area contributed by atoms with E-state index in [1.54, 1.807) is 17.0 Å². The second-order valence-electron chi connectivity index (χ2n) is 8.10. The minimum absolute atomic E-state index is 0.0232. The van der Waals surface area contributed by atoms with Crippen molar-refractivity contribution in [3.8, 4) is 0 Å². The Hall–Kier alpha value is -2.37. The van der Waals surface area contributed by atoms with Crippen LogP contribution in [0.3, 0.4) is 0 Å². The van der Waals surface area contributed by atoms with E-state index in [1.165, 1.54) is 0 Å². The van der Waals surface area contributed by atoms with Crippen molar-refractivity contribution < 1.29 is 19.1 Å². The Morgan fingerprint density at radius 3 is 2.22 bits per heavy atom. The lowest BCUT2D eigenvalue weighted by Crippen LogP contribution is -2.47. The predicted molar refractivity (Wildman–Crippen MR) is 104 cm³/mol. The minimum Gasteiger partial charge on any atom is -0.444 e. The number of ether oxygens (including phenoxy) is 1. The Kier molecular flexibility index (Phi) is 6.99. The molecule has 0 saturated carbocycles. The highest BCUT2D eigenvalue weighted by Gasteiger charge is 2.27. The van der Waals surface area contributed by atoms with E-state index in [0.29, 0.717) is 31.5 Å². The van der Waals surface area contributed by atoms with Crippen molar-refractivity contribution in [1.29, 1.82) is 0 Å². The number of benzene rings is 1. The summed E-state index contributed by atoms with van der Waals surface area (Å²) in [7, 11) is 0. The number of hydrogen-bond acceptors (Lipinski definition) is 4. The van der Waals surface area contributed by atoms with Crippen LogP contribution in [0, 0.1) is 6.92 Å². The van der Waals surface area contributed by atoms with Gasteiger partial charge in [-0.3, -0.25) is 9.59 Å². The molecule has 1 aliphatic heterocycles. The van der Waals surface area contributed by atoms with Crippen LogP contribution in [0.1, 0.15) is 62.4 Å². The van der Waals surface area contributed by atoms with Gasteiger partial charge in [0.25, 0.3) is 0 Å². The fourth-order valence-corrected chi connectivity index (χ4v) is 2.94. The quantitative estimate of drug-likeness (QED) is 0.801. The molecule has 0 aromatic heterocycles. The van der Waals surface area contributed by atoms with Gasteiger partial charge in [-0.05, 0) is 40.5 Å². The monoisotopic (exact) mass is 374 g/mol. The molecule has 1 aliphatic rings. The van der Waals surface area contributed by atoms with Gasteiger partial charge in [0.1, 0.15) is 5.60 Å². The zero-order valence-corrected chi connectivity index (χ0v) is 16.7. The molecule has 1 heterocycles. The van der Waals surface area contributed by atoms with Crippen LogP contribution in [-0.4, -0.2) is 47.4 Å². The molecule has 0 bridgehead atoms.